The Balaban J connectivity index is 1.92. The maximum atomic E-state index is 12.3. The second-order valence-electron chi connectivity index (χ2n) is 6.46. The zero-order valence-electron chi connectivity index (χ0n) is 17.1. The predicted molar refractivity (Wildman–Crippen MR) is 114 cm³/mol. The van der Waals surface area contributed by atoms with Gasteiger partial charge in [-0.25, -0.2) is 8.42 Å². The Hall–Kier alpha value is -2.74. The maximum absolute atomic E-state index is 12.3. The number of ether oxygens (including phenoxy) is 2. The molecule has 0 radical (unpaired) electrons. The molecule has 0 aromatic heterocycles. The lowest BCUT2D eigenvalue weighted by Crippen LogP contribution is -2.32. The van der Waals surface area contributed by atoms with Gasteiger partial charge < -0.3 is 14.8 Å². The topological polar surface area (TPSA) is 84.9 Å². The quantitative estimate of drug-likeness (QED) is 0.604. The van der Waals surface area contributed by atoms with Crippen molar-refractivity contribution in [3.8, 4) is 11.5 Å². The Morgan fingerprint density at radius 1 is 1.10 bits per heavy atom. The van der Waals surface area contributed by atoms with Gasteiger partial charge in [0.1, 0.15) is 11.5 Å². The van der Waals surface area contributed by atoms with Crippen LogP contribution in [-0.4, -0.2) is 40.8 Å². The van der Waals surface area contributed by atoms with Gasteiger partial charge in [-0.05, 0) is 43.2 Å². The number of methoxy groups -OCH3 is 1. The second-order valence-corrected chi connectivity index (χ2v) is 8.37. The van der Waals surface area contributed by atoms with Crippen molar-refractivity contribution in [1.82, 2.24) is 5.32 Å². The van der Waals surface area contributed by atoms with Crippen molar-refractivity contribution in [3.63, 3.8) is 0 Å². The summed E-state index contributed by atoms with van der Waals surface area (Å²) in [5.41, 5.74) is 1.44. The largest absolute Gasteiger partial charge is 0.497 e. The van der Waals surface area contributed by atoms with Crippen LogP contribution in [-0.2, 0) is 21.4 Å². The molecule has 0 aliphatic rings. The molecule has 0 aliphatic carbocycles. The van der Waals surface area contributed by atoms with Gasteiger partial charge in [0.05, 0.1) is 25.7 Å². The summed E-state index contributed by atoms with van der Waals surface area (Å²) in [5.74, 6) is 1.13. The van der Waals surface area contributed by atoms with E-state index in [2.05, 4.69) is 5.32 Å². The molecule has 29 heavy (non-hydrogen) atoms. The monoisotopic (exact) mass is 420 g/mol. The van der Waals surface area contributed by atoms with Crippen LogP contribution in [0.5, 0.6) is 11.5 Å². The highest BCUT2D eigenvalue weighted by molar-refractivity contribution is 7.92. The molecular weight excluding hydrogens is 392 g/mol. The van der Waals surface area contributed by atoms with E-state index in [0.29, 0.717) is 31.0 Å². The summed E-state index contributed by atoms with van der Waals surface area (Å²) in [5, 5.41) is 2.85. The van der Waals surface area contributed by atoms with Crippen molar-refractivity contribution >= 4 is 21.6 Å². The number of nitrogens with one attached hydrogen (secondary N) is 1. The molecule has 158 valence electrons. The van der Waals surface area contributed by atoms with Crippen LogP contribution in [0.25, 0.3) is 0 Å². The van der Waals surface area contributed by atoms with Gasteiger partial charge in [0, 0.05) is 19.5 Å². The van der Waals surface area contributed by atoms with Crippen molar-refractivity contribution in [2.45, 2.75) is 26.3 Å². The van der Waals surface area contributed by atoms with Gasteiger partial charge in [0.2, 0.25) is 15.9 Å². The van der Waals surface area contributed by atoms with Gasteiger partial charge in [0.25, 0.3) is 0 Å². The summed E-state index contributed by atoms with van der Waals surface area (Å²) in [7, 11) is -1.91. The summed E-state index contributed by atoms with van der Waals surface area (Å²) in [4.78, 5) is 12.1. The van der Waals surface area contributed by atoms with Crippen LogP contribution in [0, 0.1) is 0 Å². The molecule has 2 aromatic rings. The van der Waals surface area contributed by atoms with Crippen LogP contribution < -0.4 is 19.1 Å². The average Bonchev–Trinajstić information content (AvgIpc) is 2.70. The van der Waals surface area contributed by atoms with Crippen LogP contribution >= 0.6 is 0 Å². The Bertz CT molecular complexity index is 898. The molecular formula is C21H28N2O5S. The molecule has 0 heterocycles. The number of amides is 1. The van der Waals surface area contributed by atoms with E-state index in [1.165, 1.54) is 4.31 Å². The number of benzene rings is 2. The Kier molecular flexibility index (Phi) is 8.33. The lowest BCUT2D eigenvalue weighted by Gasteiger charge is -2.24. The highest BCUT2D eigenvalue weighted by Crippen LogP contribution is 2.30. The molecule has 0 fully saturated rings. The van der Waals surface area contributed by atoms with E-state index in [0.717, 1.165) is 17.6 Å². The van der Waals surface area contributed by atoms with Crippen LogP contribution in [0.15, 0.2) is 48.5 Å². The molecule has 0 spiro atoms. The van der Waals surface area contributed by atoms with Gasteiger partial charge >= 0.3 is 0 Å². The van der Waals surface area contributed by atoms with Gasteiger partial charge in [-0.2, -0.15) is 0 Å². The smallest absolute Gasteiger partial charge is 0.232 e. The van der Waals surface area contributed by atoms with Gasteiger partial charge in [-0.3, -0.25) is 9.10 Å². The SMILES string of the molecule is CCOc1ccccc1N(CCCC(=O)NCc1ccc(OC)cc1)S(C)(=O)=O. The van der Waals surface area contributed by atoms with Crippen LogP contribution in [0.2, 0.25) is 0 Å². The summed E-state index contributed by atoms with van der Waals surface area (Å²) >= 11 is 0. The molecule has 1 N–H and O–H groups in total. The number of para-hydroxylation sites is 2. The molecule has 0 unspecified atom stereocenters. The zero-order valence-corrected chi connectivity index (χ0v) is 17.9. The molecule has 0 saturated heterocycles. The maximum Gasteiger partial charge on any atom is 0.232 e. The van der Waals surface area contributed by atoms with E-state index in [-0.39, 0.29) is 18.9 Å². The molecule has 2 aromatic carbocycles. The molecule has 8 heteroatoms. The molecule has 0 saturated carbocycles. The third-order valence-corrected chi connectivity index (χ3v) is 5.43. The molecule has 0 aliphatic heterocycles. The minimum absolute atomic E-state index is 0.132. The third-order valence-electron chi connectivity index (χ3n) is 4.25. The van der Waals surface area contributed by atoms with E-state index in [1.54, 1.807) is 31.4 Å². The Morgan fingerprint density at radius 2 is 1.79 bits per heavy atom. The molecule has 1 amide bonds. The van der Waals surface area contributed by atoms with E-state index in [9.17, 15) is 13.2 Å². The first-order valence-electron chi connectivity index (χ1n) is 9.44. The van der Waals surface area contributed by atoms with E-state index >= 15 is 0 Å². The zero-order chi connectivity index (χ0) is 21.3. The normalized spacial score (nSPS) is 11.0. The Morgan fingerprint density at radius 3 is 2.41 bits per heavy atom. The van der Waals surface area contributed by atoms with Crippen LogP contribution in [0.3, 0.4) is 0 Å². The minimum Gasteiger partial charge on any atom is -0.497 e. The van der Waals surface area contributed by atoms with Gasteiger partial charge in [0.15, 0.2) is 0 Å². The number of hydrogen-bond acceptors (Lipinski definition) is 5. The third kappa shape index (κ3) is 6.98. The Labute approximate surface area is 172 Å². The van der Waals surface area contributed by atoms with Crippen molar-refractivity contribution in [3.05, 3.63) is 54.1 Å². The summed E-state index contributed by atoms with van der Waals surface area (Å²) in [6.45, 7) is 2.88. The van der Waals surface area contributed by atoms with Crippen molar-refractivity contribution < 1.29 is 22.7 Å². The fraction of sp³-hybridized carbons (Fsp3) is 0.381. The summed E-state index contributed by atoms with van der Waals surface area (Å²) < 4.78 is 36.5. The fourth-order valence-corrected chi connectivity index (χ4v) is 3.79. The minimum atomic E-state index is -3.51. The molecule has 2 rings (SSSR count). The highest BCUT2D eigenvalue weighted by atomic mass is 32.2. The first-order chi connectivity index (χ1) is 13.8. The number of sulfonamides is 1. The number of anilines is 1. The number of carbonyl (C=O) groups is 1. The van der Waals surface area contributed by atoms with Crippen molar-refractivity contribution in [2.75, 3.05) is 30.8 Å². The molecule has 7 nitrogen and oxygen atoms in total. The number of nitrogens with zero attached hydrogens (tertiary/aromatic N) is 1. The van der Waals surface area contributed by atoms with E-state index < -0.39 is 10.0 Å². The predicted octanol–water partition coefficient (Wildman–Crippen LogP) is 2.96. The average molecular weight is 421 g/mol. The van der Waals surface area contributed by atoms with Gasteiger partial charge in [-0.15, -0.1) is 0 Å². The number of rotatable bonds is 11. The van der Waals surface area contributed by atoms with Crippen LogP contribution in [0.4, 0.5) is 5.69 Å². The number of hydrogen-bond donors (Lipinski definition) is 1. The standard InChI is InChI=1S/C21H28N2O5S/c1-4-28-20-9-6-5-8-19(20)23(29(3,25)26)15-7-10-21(24)22-16-17-11-13-18(27-2)14-12-17/h5-6,8-9,11-14H,4,7,10,15-16H2,1-3H3,(H,22,24). The molecule has 0 atom stereocenters. The fourth-order valence-electron chi connectivity index (χ4n) is 2.82. The lowest BCUT2D eigenvalue weighted by atomic mass is 10.2. The van der Waals surface area contributed by atoms with Crippen molar-refractivity contribution in [1.29, 1.82) is 0 Å². The van der Waals surface area contributed by atoms with E-state index in [1.807, 2.05) is 31.2 Å². The van der Waals surface area contributed by atoms with E-state index in [4.69, 9.17) is 9.47 Å². The summed E-state index contributed by atoms with van der Waals surface area (Å²) in [6, 6.07) is 14.4. The molecule has 0 bridgehead atoms. The lowest BCUT2D eigenvalue weighted by molar-refractivity contribution is -0.121. The first kappa shape index (κ1) is 22.5. The number of carbonyl (C=O) groups excluding carboxylic acids is 1. The van der Waals surface area contributed by atoms with Crippen molar-refractivity contribution in [2.24, 2.45) is 0 Å². The first-order valence-corrected chi connectivity index (χ1v) is 11.3. The highest BCUT2D eigenvalue weighted by Gasteiger charge is 2.21. The van der Waals surface area contributed by atoms with Gasteiger partial charge in [-0.1, -0.05) is 24.3 Å². The summed E-state index contributed by atoms with van der Waals surface area (Å²) in [6.07, 6.45) is 1.76. The second kappa shape index (κ2) is 10.7. The van der Waals surface area contributed by atoms with Crippen LogP contribution in [0.1, 0.15) is 25.3 Å².